The van der Waals surface area contributed by atoms with Crippen LogP contribution in [0.5, 0.6) is 0 Å². The molecule has 0 heterocycles. The van der Waals surface area contributed by atoms with Gasteiger partial charge in [-0.05, 0) is 64.2 Å². The van der Waals surface area contributed by atoms with Crippen LogP contribution in [0.4, 0.5) is 0 Å². The summed E-state index contributed by atoms with van der Waals surface area (Å²) in [6.45, 7) is 10.6. The molecule has 22 heavy (non-hydrogen) atoms. The standard InChI is InChI=1S/C18H26O4/c1-11(2)17(19)21-15-7-5-14-10-16(8-6-13(14)9-15)22-18(20)12(3)4/h13-16H,1,3,5-10H2,2,4H3/t13-,14?,15?,16?/m0/s1. The van der Waals surface area contributed by atoms with Gasteiger partial charge in [0.15, 0.2) is 0 Å². The minimum Gasteiger partial charge on any atom is -0.459 e. The number of esters is 2. The van der Waals surface area contributed by atoms with E-state index in [1.54, 1.807) is 13.8 Å². The monoisotopic (exact) mass is 306 g/mol. The van der Waals surface area contributed by atoms with Crippen molar-refractivity contribution in [1.29, 1.82) is 0 Å². The highest BCUT2D eigenvalue weighted by atomic mass is 16.5. The fraction of sp³-hybridized carbons (Fsp3) is 0.667. The van der Waals surface area contributed by atoms with Crippen molar-refractivity contribution in [2.75, 3.05) is 0 Å². The van der Waals surface area contributed by atoms with Gasteiger partial charge in [-0.2, -0.15) is 0 Å². The molecule has 0 radical (unpaired) electrons. The van der Waals surface area contributed by atoms with E-state index in [0.717, 1.165) is 38.5 Å². The fourth-order valence-corrected chi connectivity index (χ4v) is 3.52. The van der Waals surface area contributed by atoms with E-state index in [-0.39, 0.29) is 24.1 Å². The van der Waals surface area contributed by atoms with Crippen LogP contribution >= 0.6 is 0 Å². The maximum Gasteiger partial charge on any atom is 0.333 e. The third kappa shape index (κ3) is 4.21. The van der Waals surface area contributed by atoms with Gasteiger partial charge in [0.05, 0.1) is 0 Å². The van der Waals surface area contributed by atoms with Crippen molar-refractivity contribution in [3.63, 3.8) is 0 Å². The maximum atomic E-state index is 11.6. The summed E-state index contributed by atoms with van der Waals surface area (Å²) in [7, 11) is 0. The Morgan fingerprint density at radius 3 is 1.45 bits per heavy atom. The molecule has 3 unspecified atom stereocenters. The van der Waals surface area contributed by atoms with Crippen molar-refractivity contribution >= 4 is 11.9 Å². The average Bonchev–Trinajstić information content (AvgIpc) is 2.47. The van der Waals surface area contributed by atoms with Crippen LogP contribution in [0.1, 0.15) is 52.4 Å². The van der Waals surface area contributed by atoms with Crippen LogP contribution in [-0.2, 0) is 19.1 Å². The molecule has 0 aliphatic heterocycles. The molecular formula is C18H26O4. The molecular weight excluding hydrogens is 280 g/mol. The molecule has 2 saturated carbocycles. The zero-order valence-corrected chi connectivity index (χ0v) is 13.6. The highest BCUT2D eigenvalue weighted by Gasteiger charge is 2.38. The van der Waals surface area contributed by atoms with Crippen molar-refractivity contribution < 1.29 is 19.1 Å². The zero-order valence-electron chi connectivity index (χ0n) is 13.6. The summed E-state index contributed by atoms with van der Waals surface area (Å²) in [5.41, 5.74) is 0.912. The Labute approximate surface area is 132 Å². The summed E-state index contributed by atoms with van der Waals surface area (Å²) in [5.74, 6) is 0.563. The van der Waals surface area contributed by atoms with E-state index in [2.05, 4.69) is 13.2 Å². The predicted molar refractivity (Wildman–Crippen MR) is 84.1 cm³/mol. The van der Waals surface area contributed by atoms with E-state index in [1.165, 1.54) is 0 Å². The van der Waals surface area contributed by atoms with E-state index >= 15 is 0 Å². The Morgan fingerprint density at radius 2 is 1.14 bits per heavy atom. The van der Waals surface area contributed by atoms with Crippen molar-refractivity contribution in [3.8, 4) is 0 Å². The molecule has 122 valence electrons. The van der Waals surface area contributed by atoms with Crippen molar-refractivity contribution in [1.82, 2.24) is 0 Å². The molecule has 0 aromatic heterocycles. The second kappa shape index (κ2) is 7.12. The first-order valence-electron chi connectivity index (χ1n) is 8.09. The van der Waals surface area contributed by atoms with Crippen molar-refractivity contribution in [3.05, 3.63) is 24.3 Å². The Kier molecular flexibility index (Phi) is 5.43. The van der Waals surface area contributed by atoms with Gasteiger partial charge < -0.3 is 9.47 Å². The first-order valence-corrected chi connectivity index (χ1v) is 8.09. The summed E-state index contributed by atoms with van der Waals surface area (Å²) < 4.78 is 11.0. The molecule has 2 aliphatic carbocycles. The predicted octanol–water partition coefficient (Wildman–Crippen LogP) is 3.56. The van der Waals surface area contributed by atoms with Gasteiger partial charge in [-0.15, -0.1) is 0 Å². The number of rotatable bonds is 4. The van der Waals surface area contributed by atoms with Crippen LogP contribution < -0.4 is 0 Å². The second-order valence-corrected chi connectivity index (χ2v) is 6.76. The second-order valence-electron chi connectivity index (χ2n) is 6.76. The summed E-state index contributed by atoms with van der Waals surface area (Å²) >= 11 is 0. The lowest BCUT2D eigenvalue weighted by Crippen LogP contribution is -2.38. The molecule has 0 saturated heterocycles. The minimum absolute atomic E-state index is 0.0139. The van der Waals surface area contributed by atoms with Crippen LogP contribution in [0, 0.1) is 11.8 Å². The van der Waals surface area contributed by atoms with Gasteiger partial charge in [0, 0.05) is 11.1 Å². The van der Waals surface area contributed by atoms with Gasteiger partial charge >= 0.3 is 11.9 Å². The maximum absolute atomic E-state index is 11.6. The number of carbonyl (C=O) groups is 2. The lowest BCUT2D eigenvalue weighted by Gasteiger charge is -2.41. The highest BCUT2D eigenvalue weighted by Crippen LogP contribution is 2.42. The smallest absolute Gasteiger partial charge is 0.333 e. The van der Waals surface area contributed by atoms with Crippen LogP contribution in [0.15, 0.2) is 24.3 Å². The quantitative estimate of drug-likeness (QED) is 0.588. The van der Waals surface area contributed by atoms with Gasteiger partial charge in [-0.25, -0.2) is 9.59 Å². The molecule has 4 heteroatoms. The molecule has 0 aromatic carbocycles. The van der Waals surface area contributed by atoms with Gasteiger partial charge in [0.1, 0.15) is 12.2 Å². The molecule has 0 aromatic rings. The SMILES string of the molecule is C=C(C)C(=O)OC1CC[C@H]2CC(OC(=O)C(=C)C)CCC2C1. The number of hydrogen-bond donors (Lipinski definition) is 0. The fourth-order valence-electron chi connectivity index (χ4n) is 3.52. The average molecular weight is 306 g/mol. The largest absolute Gasteiger partial charge is 0.459 e. The van der Waals surface area contributed by atoms with Gasteiger partial charge in [-0.1, -0.05) is 13.2 Å². The molecule has 4 atom stereocenters. The molecule has 2 fully saturated rings. The van der Waals surface area contributed by atoms with E-state index in [0.29, 0.717) is 23.0 Å². The molecule has 0 N–H and O–H groups in total. The van der Waals surface area contributed by atoms with Gasteiger partial charge in [0.2, 0.25) is 0 Å². The third-order valence-electron chi connectivity index (χ3n) is 4.76. The molecule has 2 rings (SSSR count). The Morgan fingerprint density at radius 1 is 0.773 bits per heavy atom. The van der Waals surface area contributed by atoms with Gasteiger partial charge in [0.25, 0.3) is 0 Å². The summed E-state index contributed by atoms with van der Waals surface area (Å²) in [5, 5.41) is 0. The lowest BCUT2D eigenvalue weighted by atomic mass is 9.69. The normalized spacial score (nSPS) is 30.8. The number of hydrogen-bond acceptors (Lipinski definition) is 4. The van der Waals surface area contributed by atoms with Crippen LogP contribution in [-0.4, -0.2) is 24.1 Å². The first-order chi connectivity index (χ1) is 10.4. The number of ether oxygens (including phenoxy) is 2. The van der Waals surface area contributed by atoms with Crippen LogP contribution in [0.2, 0.25) is 0 Å². The Hall–Kier alpha value is -1.58. The zero-order chi connectivity index (χ0) is 16.3. The van der Waals surface area contributed by atoms with E-state index in [4.69, 9.17) is 9.47 Å². The molecule has 0 amide bonds. The molecule has 0 bridgehead atoms. The van der Waals surface area contributed by atoms with Crippen molar-refractivity contribution in [2.24, 2.45) is 11.8 Å². The lowest BCUT2D eigenvalue weighted by molar-refractivity contribution is -0.152. The summed E-state index contributed by atoms with van der Waals surface area (Å²) in [6, 6.07) is 0. The Bertz CT molecular complexity index is 435. The summed E-state index contributed by atoms with van der Waals surface area (Å²) in [4.78, 5) is 23.2. The number of carbonyl (C=O) groups excluding carboxylic acids is 2. The highest BCUT2D eigenvalue weighted by molar-refractivity contribution is 5.87. The minimum atomic E-state index is -0.285. The van der Waals surface area contributed by atoms with Crippen LogP contribution in [0.25, 0.3) is 0 Å². The van der Waals surface area contributed by atoms with E-state index in [1.807, 2.05) is 0 Å². The Balaban J connectivity index is 1.83. The molecule has 0 spiro atoms. The third-order valence-corrected chi connectivity index (χ3v) is 4.76. The van der Waals surface area contributed by atoms with Crippen molar-refractivity contribution in [2.45, 2.75) is 64.6 Å². The summed E-state index contributed by atoms with van der Waals surface area (Å²) in [6.07, 6.45) is 5.71. The first kappa shape index (κ1) is 16.8. The molecule has 4 nitrogen and oxygen atoms in total. The molecule has 2 aliphatic rings. The van der Waals surface area contributed by atoms with E-state index < -0.39 is 0 Å². The van der Waals surface area contributed by atoms with Crippen LogP contribution in [0.3, 0.4) is 0 Å². The van der Waals surface area contributed by atoms with E-state index in [9.17, 15) is 9.59 Å². The topological polar surface area (TPSA) is 52.6 Å². The number of fused-ring (bicyclic) bond motifs is 1. The van der Waals surface area contributed by atoms with Gasteiger partial charge in [-0.3, -0.25) is 0 Å².